The van der Waals surface area contributed by atoms with E-state index in [0.717, 1.165) is 44.3 Å². The summed E-state index contributed by atoms with van der Waals surface area (Å²) < 4.78 is 0. The van der Waals surface area contributed by atoms with Crippen molar-refractivity contribution < 1.29 is 9.59 Å². The van der Waals surface area contributed by atoms with Crippen LogP contribution in [-0.2, 0) is 28.9 Å². The maximum absolute atomic E-state index is 12.5. The Hall–Kier alpha value is -2.62. The second kappa shape index (κ2) is 10.1. The third kappa shape index (κ3) is 6.22. The first-order valence-electron chi connectivity index (χ1n) is 10.3. The number of amides is 2. The molecule has 1 aliphatic heterocycles. The van der Waals surface area contributed by atoms with Crippen LogP contribution in [0.1, 0.15) is 42.4 Å². The van der Waals surface area contributed by atoms with E-state index in [1.807, 2.05) is 23.1 Å². The van der Waals surface area contributed by atoms with E-state index >= 15 is 0 Å². The molecule has 28 heavy (non-hydrogen) atoms. The fraction of sp³-hybridized carbons (Fsp3) is 0.417. The van der Waals surface area contributed by atoms with Gasteiger partial charge in [0.25, 0.3) is 0 Å². The summed E-state index contributed by atoms with van der Waals surface area (Å²) in [4.78, 5) is 25.4. The van der Waals surface area contributed by atoms with E-state index in [1.165, 1.54) is 11.1 Å². The smallest absolute Gasteiger partial charge is 0.222 e. The van der Waals surface area contributed by atoms with Gasteiger partial charge in [0.2, 0.25) is 11.8 Å². The van der Waals surface area contributed by atoms with E-state index in [0.29, 0.717) is 25.2 Å². The minimum atomic E-state index is -0.255. The van der Waals surface area contributed by atoms with Crippen molar-refractivity contribution in [1.29, 1.82) is 0 Å². The number of nitrogens with zero attached hydrogens (tertiary/aromatic N) is 1. The zero-order valence-corrected chi connectivity index (χ0v) is 16.5. The number of piperidine rings is 1. The summed E-state index contributed by atoms with van der Waals surface area (Å²) in [7, 11) is 0. The molecule has 2 amide bonds. The Morgan fingerprint density at radius 1 is 0.821 bits per heavy atom. The zero-order chi connectivity index (χ0) is 19.8. The number of hydrogen-bond donors (Lipinski definition) is 1. The van der Waals surface area contributed by atoms with Gasteiger partial charge in [-0.1, -0.05) is 54.6 Å². The van der Waals surface area contributed by atoms with Crippen LogP contribution in [0.15, 0.2) is 54.6 Å². The number of rotatable bonds is 8. The standard InChI is InChI=1S/C24H30N2O2/c25-23(27)12-10-20-6-8-21(9-7-20)18-22-14-16-26(17-15-22)24(28)13-11-19-4-2-1-3-5-19/h1-9,22H,10-18H2,(H2,25,27). The molecule has 1 heterocycles. The Labute approximate surface area is 167 Å². The van der Waals surface area contributed by atoms with Crippen LogP contribution < -0.4 is 5.73 Å². The second-order valence-electron chi connectivity index (χ2n) is 7.80. The highest BCUT2D eigenvalue weighted by atomic mass is 16.2. The largest absolute Gasteiger partial charge is 0.370 e. The first-order chi connectivity index (χ1) is 13.6. The third-order valence-electron chi connectivity index (χ3n) is 5.65. The first-order valence-corrected chi connectivity index (χ1v) is 10.3. The maximum Gasteiger partial charge on any atom is 0.222 e. The first kappa shape index (κ1) is 20.1. The number of benzene rings is 2. The quantitative estimate of drug-likeness (QED) is 0.764. The maximum atomic E-state index is 12.5. The van der Waals surface area contributed by atoms with Crippen molar-refractivity contribution >= 4 is 11.8 Å². The van der Waals surface area contributed by atoms with Gasteiger partial charge in [0.1, 0.15) is 0 Å². The van der Waals surface area contributed by atoms with E-state index in [1.54, 1.807) is 0 Å². The Kier molecular flexibility index (Phi) is 7.24. The highest BCUT2D eigenvalue weighted by Gasteiger charge is 2.22. The molecule has 1 aliphatic rings. The van der Waals surface area contributed by atoms with Gasteiger partial charge >= 0.3 is 0 Å². The molecule has 0 aliphatic carbocycles. The van der Waals surface area contributed by atoms with Crippen LogP contribution in [0, 0.1) is 5.92 Å². The fourth-order valence-corrected chi connectivity index (χ4v) is 3.88. The molecule has 0 bridgehead atoms. The molecule has 0 radical (unpaired) electrons. The van der Waals surface area contributed by atoms with Crippen LogP contribution in [0.2, 0.25) is 0 Å². The van der Waals surface area contributed by atoms with Gasteiger partial charge in [0, 0.05) is 25.9 Å². The van der Waals surface area contributed by atoms with Gasteiger partial charge in [-0.05, 0) is 54.7 Å². The van der Waals surface area contributed by atoms with Crippen LogP contribution in [0.3, 0.4) is 0 Å². The summed E-state index contributed by atoms with van der Waals surface area (Å²) in [5.41, 5.74) is 8.92. The van der Waals surface area contributed by atoms with Crippen molar-refractivity contribution in [2.75, 3.05) is 13.1 Å². The molecule has 4 heteroatoms. The molecule has 1 fully saturated rings. The number of nitrogens with two attached hydrogens (primary N) is 1. The molecule has 0 spiro atoms. The molecule has 3 rings (SSSR count). The average Bonchev–Trinajstić information content (AvgIpc) is 2.73. The predicted molar refractivity (Wildman–Crippen MR) is 112 cm³/mol. The SMILES string of the molecule is NC(=O)CCc1ccc(CC2CCN(C(=O)CCc3ccccc3)CC2)cc1. The van der Waals surface area contributed by atoms with Crippen molar-refractivity contribution in [1.82, 2.24) is 4.90 Å². The summed E-state index contributed by atoms with van der Waals surface area (Å²) >= 11 is 0. The summed E-state index contributed by atoms with van der Waals surface area (Å²) in [6, 6.07) is 18.7. The van der Waals surface area contributed by atoms with Gasteiger partial charge < -0.3 is 10.6 Å². The number of aryl methyl sites for hydroxylation is 2. The Morgan fingerprint density at radius 2 is 1.39 bits per heavy atom. The van der Waals surface area contributed by atoms with Gasteiger partial charge in [-0.2, -0.15) is 0 Å². The Bertz CT molecular complexity index is 763. The molecule has 2 N–H and O–H groups in total. The monoisotopic (exact) mass is 378 g/mol. The van der Waals surface area contributed by atoms with E-state index in [9.17, 15) is 9.59 Å². The molecule has 2 aromatic rings. The van der Waals surface area contributed by atoms with Crippen molar-refractivity contribution in [3.05, 3.63) is 71.3 Å². The minimum absolute atomic E-state index is 0.255. The molecule has 2 aromatic carbocycles. The van der Waals surface area contributed by atoms with Crippen molar-refractivity contribution in [3.63, 3.8) is 0 Å². The molecule has 148 valence electrons. The summed E-state index contributed by atoms with van der Waals surface area (Å²) in [6.45, 7) is 1.74. The highest BCUT2D eigenvalue weighted by molar-refractivity contribution is 5.76. The van der Waals surface area contributed by atoms with Gasteiger partial charge in [-0.3, -0.25) is 9.59 Å². The number of carbonyl (C=O) groups is 2. The average molecular weight is 379 g/mol. The summed E-state index contributed by atoms with van der Waals surface area (Å²) in [6.07, 6.45) is 5.72. The van der Waals surface area contributed by atoms with Crippen LogP contribution in [0.4, 0.5) is 0 Å². The van der Waals surface area contributed by atoms with Crippen molar-refractivity contribution in [3.8, 4) is 0 Å². The van der Waals surface area contributed by atoms with Crippen LogP contribution in [0.5, 0.6) is 0 Å². The molecule has 1 saturated heterocycles. The van der Waals surface area contributed by atoms with Gasteiger partial charge in [-0.15, -0.1) is 0 Å². The highest BCUT2D eigenvalue weighted by Crippen LogP contribution is 2.23. The lowest BCUT2D eigenvalue weighted by atomic mass is 9.89. The van der Waals surface area contributed by atoms with Crippen molar-refractivity contribution in [2.24, 2.45) is 11.7 Å². The molecule has 0 saturated carbocycles. The zero-order valence-electron chi connectivity index (χ0n) is 16.5. The van der Waals surface area contributed by atoms with E-state index in [2.05, 4.69) is 36.4 Å². The van der Waals surface area contributed by atoms with Crippen LogP contribution in [0.25, 0.3) is 0 Å². The molecule has 0 atom stereocenters. The predicted octanol–water partition coefficient (Wildman–Crippen LogP) is 3.52. The lowest BCUT2D eigenvalue weighted by Gasteiger charge is -2.32. The molecule has 0 unspecified atom stereocenters. The Balaban J connectivity index is 1.40. The number of hydrogen-bond acceptors (Lipinski definition) is 2. The Morgan fingerprint density at radius 3 is 2.04 bits per heavy atom. The number of carbonyl (C=O) groups excluding carboxylic acids is 2. The fourth-order valence-electron chi connectivity index (χ4n) is 3.88. The normalized spacial score (nSPS) is 14.8. The minimum Gasteiger partial charge on any atom is -0.370 e. The van der Waals surface area contributed by atoms with E-state index in [4.69, 9.17) is 5.73 Å². The van der Waals surface area contributed by atoms with Gasteiger partial charge in [0.05, 0.1) is 0 Å². The van der Waals surface area contributed by atoms with Gasteiger partial charge in [-0.25, -0.2) is 0 Å². The topological polar surface area (TPSA) is 63.4 Å². The number of primary amides is 1. The lowest BCUT2D eigenvalue weighted by Crippen LogP contribution is -2.39. The molecular formula is C24H30N2O2. The van der Waals surface area contributed by atoms with Crippen LogP contribution in [-0.4, -0.2) is 29.8 Å². The second-order valence-corrected chi connectivity index (χ2v) is 7.80. The molecule has 4 nitrogen and oxygen atoms in total. The van der Waals surface area contributed by atoms with Crippen molar-refractivity contribution in [2.45, 2.75) is 44.9 Å². The lowest BCUT2D eigenvalue weighted by molar-refractivity contribution is -0.132. The number of likely N-dealkylation sites (tertiary alicyclic amines) is 1. The van der Waals surface area contributed by atoms with E-state index in [-0.39, 0.29) is 11.8 Å². The van der Waals surface area contributed by atoms with Gasteiger partial charge in [0.15, 0.2) is 0 Å². The third-order valence-corrected chi connectivity index (χ3v) is 5.65. The van der Waals surface area contributed by atoms with E-state index < -0.39 is 0 Å². The summed E-state index contributed by atoms with van der Waals surface area (Å²) in [5.74, 6) is 0.657. The molecule has 0 aromatic heterocycles. The molecular weight excluding hydrogens is 348 g/mol. The van der Waals surface area contributed by atoms with Crippen LogP contribution >= 0.6 is 0 Å². The summed E-state index contributed by atoms with van der Waals surface area (Å²) in [5, 5.41) is 0.